The molecule has 13 aliphatic rings. The van der Waals surface area contributed by atoms with E-state index in [2.05, 4.69) is 40.7 Å². The number of carbonyl (C=O) groups is 1. The highest BCUT2D eigenvalue weighted by molar-refractivity contribution is 5.80. The van der Waals surface area contributed by atoms with Crippen LogP contribution in [0.1, 0.15) is 114 Å². The van der Waals surface area contributed by atoms with Crippen molar-refractivity contribution in [3.63, 3.8) is 0 Å². The van der Waals surface area contributed by atoms with Gasteiger partial charge in [-0.1, -0.05) is 60.1 Å². The number of esters is 1. The van der Waals surface area contributed by atoms with Crippen LogP contribution < -0.4 is 0 Å². The van der Waals surface area contributed by atoms with Gasteiger partial charge in [0.1, 0.15) is 145 Å². The van der Waals surface area contributed by atoms with Crippen LogP contribution in [0.4, 0.5) is 0 Å². The number of fused-ring (bicyclic) bond motifs is 7. The first-order valence-corrected chi connectivity index (χ1v) is 38.8. The van der Waals surface area contributed by atoms with Crippen molar-refractivity contribution in [1.29, 1.82) is 0 Å². The van der Waals surface area contributed by atoms with Crippen molar-refractivity contribution in [3.8, 4) is 0 Å². The van der Waals surface area contributed by atoms with E-state index < -0.39 is 311 Å². The molecule has 12 fully saturated rings. The molecule has 0 bridgehead atoms. The third-order valence-corrected chi connectivity index (χ3v) is 27.9. The van der Waals surface area contributed by atoms with Crippen molar-refractivity contribution in [1.82, 2.24) is 0 Å². The summed E-state index contributed by atoms with van der Waals surface area (Å²) in [6.45, 7) is 12.9. The molecule has 0 radical (unpaired) electrons. The lowest BCUT2D eigenvalue weighted by atomic mass is 9.33. The van der Waals surface area contributed by atoms with E-state index in [1.807, 2.05) is 13.8 Å². The monoisotopic (exact) mass is 1600 g/mol. The van der Waals surface area contributed by atoms with E-state index in [0.29, 0.717) is 32.1 Å². The van der Waals surface area contributed by atoms with E-state index in [1.165, 1.54) is 13.8 Å². The maximum absolute atomic E-state index is 16.2. The lowest BCUT2D eigenvalue weighted by molar-refractivity contribution is -0.394. The molecule has 0 aromatic rings. The second-order valence-corrected chi connectivity index (χ2v) is 35.7. The van der Waals surface area contributed by atoms with Crippen molar-refractivity contribution < 1.29 is 188 Å². The fourth-order valence-corrected chi connectivity index (χ4v) is 21.1. The van der Waals surface area contributed by atoms with Gasteiger partial charge in [-0.25, -0.2) is 0 Å². The Bertz CT molecular complexity index is 3220. The first-order valence-electron chi connectivity index (χ1n) is 38.8. The molecule has 44 atom stereocenters. The van der Waals surface area contributed by atoms with Gasteiger partial charge in [0, 0.05) is 0 Å². The summed E-state index contributed by atoms with van der Waals surface area (Å²) in [7, 11) is 0. The summed E-state index contributed by atoms with van der Waals surface area (Å²) in [4.78, 5) is 16.2. The fraction of sp³-hybridized carbons (Fsp3) is 0.959. The molecule has 38 heteroatoms. The summed E-state index contributed by atoms with van der Waals surface area (Å²) in [5.74, 6) is -2.03. The number of allylic oxidation sites excluding steroid dienone is 2. The number of aliphatic hydroxyl groups is 21. The molecule has 0 amide bonds. The zero-order chi connectivity index (χ0) is 80.8. The first kappa shape index (κ1) is 86.6. The third-order valence-electron chi connectivity index (χ3n) is 27.9. The lowest BCUT2D eigenvalue weighted by Crippen LogP contribution is -2.70. The standard InChI is InChI=1S/C73H118O38/c1-26-39(81)43(85)47(89)61(102-26)107-53-34(79)22-99-64(55(53)109-63-50(92)54(108-65-56(93)72(95,24-74)25-101-65)51(27(2)103-63)105-60-49(91)52(33(78)21-98-60)106-59-46(88)41(83)32(77)20-97-59)111-66(94)73-15-14-67(3,4)16-29(73)28-10-11-37-69(7)17-30(75)57(68(5,6)36(69)12-13-70(37,8)71(28,9)18-38(73)80)110-62-48(90)44(86)42(84)35(104-62)23-100-58-45(87)40(82)31(76)19-96-58/h10,26-27,29-65,74-93,95H,11-25H2,1-9H3/t26-,27-,29-,30+,31-,32+,33-,34+,35+,36-,37+,38+,39-,40-,41-,42+,43+,44-,45+,46+,47+,48+,49+,50+,51-,52-,53-,54-,55+,56-,57-,58-,59-,60-,61-,62-,63-,64-,65-,69-,70+,71+,72+,73+/m0/s1. The minimum absolute atomic E-state index is 0.0317. The van der Waals surface area contributed by atoms with Crippen LogP contribution in [0.2, 0.25) is 0 Å². The highest BCUT2D eigenvalue weighted by atomic mass is 16.8. The smallest absolute Gasteiger partial charge is 0.317 e. The minimum atomic E-state index is -2.31. The van der Waals surface area contributed by atoms with Crippen LogP contribution in [0.15, 0.2) is 11.6 Å². The zero-order valence-corrected chi connectivity index (χ0v) is 63.5. The molecule has 8 aliphatic heterocycles. The second-order valence-electron chi connectivity index (χ2n) is 35.7. The average molecular weight is 1600 g/mol. The molecular formula is C73H118O38. The van der Waals surface area contributed by atoms with Crippen LogP contribution >= 0.6 is 0 Å². The van der Waals surface area contributed by atoms with Gasteiger partial charge in [-0.15, -0.1) is 0 Å². The molecule has 38 nitrogen and oxygen atoms in total. The van der Waals surface area contributed by atoms with Crippen molar-refractivity contribution in [2.45, 2.75) is 341 Å². The largest absolute Gasteiger partial charge is 0.432 e. The summed E-state index contributed by atoms with van der Waals surface area (Å²) in [6.07, 6.45) is -56.6. The molecular weight excluding hydrogens is 1480 g/mol. The predicted molar refractivity (Wildman–Crippen MR) is 363 cm³/mol. The Balaban J connectivity index is 0.775. The van der Waals surface area contributed by atoms with Gasteiger partial charge in [-0.05, 0) is 110 Å². The van der Waals surface area contributed by atoms with Gasteiger partial charge in [0.2, 0.25) is 6.29 Å². The SMILES string of the molecule is C[C@@H]1O[C@@H](O[C@@H]2[C@@H](O[C@@H]3O[C@@H](C)[C@H](O[C@@H]4OC[C@H](O)[C@H](O[C@@H]5OC[C@@H](O)[C@H](O)[C@H]5O)[C@H]4O)[C@@H](O[C@@H]4OC[C@](O)(CO)[C@H]4O)[C@H]3O)[C@H](OC(=O)[C@]34CCC(C)(C)C[C@H]3C3=CC[C@@H]5[C@@]6(C)C[C@@H](O)[C@H](O[C@@H]7O[C@H](CO[C@@H]8OC[C@H](O)[C@H](O)[C@H]8O)[C@@H](O)[C@H](O)[C@H]7O)C(C)(C)[C@@H]6CC[C@@]5(C)[C@]3(C)C[C@H]4O)OC[C@H]2O)[C@H](O)[C@H](O)[C@H]1O. The molecule has 13 rings (SSSR count). The van der Waals surface area contributed by atoms with Crippen LogP contribution in [0.5, 0.6) is 0 Å². The quantitative estimate of drug-likeness (QED) is 0.0344. The first-order chi connectivity index (χ1) is 52.0. The average Bonchev–Trinajstić information content (AvgIpc) is 0.870. The second kappa shape index (κ2) is 32.4. The Kier molecular flexibility index (Phi) is 25.3. The Morgan fingerprint density at radius 2 is 0.991 bits per heavy atom. The lowest BCUT2D eigenvalue weighted by Gasteiger charge is -2.72. The molecule has 0 spiro atoms. The number of rotatable bonds is 18. The molecule has 8 heterocycles. The Morgan fingerprint density at radius 1 is 0.468 bits per heavy atom. The molecule has 21 N–H and O–H groups in total. The molecule has 0 aromatic carbocycles. The van der Waals surface area contributed by atoms with Crippen LogP contribution in [0.25, 0.3) is 0 Å². The van der Waals surface area contributed by atoms with Gasteiger partial charge in [0.15, 0.2) is 50.1 Å². The van der Waals surface area contributed by atoms with Crippen LogP contribution in [0, 0.1) is 50.2 Å². The summed E-state index contributed by atoms with van der Waals surface area (Å²) < 4.78 is 96.7. The number of carbonyl (C=O) groups excluding carboxylic acids is 1. The van der Waals surface area contributed by atoms with Crippen molar-refractivity contribution in [3.05, 3.63) is 11.6 Å². The number of hydrogen-bond acceptors (Lipinski definition) is 38. The van der Waals surface area contributed by atoms with Gasteiger partial charge < -0.3 is 183 Å². The summed E-state index contributed by atoms with van der Waals surface area (Å²) in [6, 6.07) is 0. The molecule has 638 valence electrons. The zero-order valence-electron chi connectivity index (χ0n) is 63.5. The van der Waals surface area contributed by atoms with Gasteiger partial charge in [-0.2, -0.15) is 0 Å². The van der Waals surface area contributed by atoms with E-state index in [4.69, 9.17) is 75.8 Å². The van der Waals surface area contributed by atoms with Gasteiger partial charge in [0.05, 0.1) is 76.8 Å². The van der Waals surface area contributed by atoms with E-state index in [-0.39, 0.29) is 37.7 Å². The van der Waals surface area contributed by atoms with E-state index in [9.17, 15) is 107 Å². The van der Waals surface area contributed by atoms with Crippen LogP contribution in [-0.2, 0) is 80.6 Å². The molecule has 111 heavy (non-hydrogen) atoms. The minimum Gasteiger partial charge on any atom is -0.432 e. The molecule has 0 unspecified atom stereocenters. The van der Waals surface area contributed by atoms with Gasteiger partial charge in [0.25, 0.3) is 0 Å². The van der Waals surface area contributed by atoms with E-state index >= 15 is 4.79 Å². The normalized spacial score (nSPS) is 55.4. The topological polar surface area (TPSA) is 590 Å². The Labute approximate surface area is 640 Å². The molecule has 5 aliphatic carbocycles. The maximum Gasteiger partial charge on any atom is 0.317 e. The Morgan fingerprint density at radius 3 is 1.64 bits per heavy atom. The van der Waals surface area contributed by atoms with Crippen molar-refractivity contribution >= 4 is 5.97 Å². The highest BCUT2D eigenvalue weighted by Crippen LogP contribution is 2.76. The predicted octanol–water partition coefficient (Wildman–Crippen LogP) is -7.54. The van der Waals surface area contributed by atoms with Gasteiger partial charge in [-0.3, -0.25) is 4.79 Å². The summed E-state index contributed by atoms with van der Waals surface area (Å²) >= 11 is 0. The van der Waals surface area contributed by atoms with E-state index in [0.717, 1.165) is 5.57 Å². The number of hydrogen-bond donors (Lipinski definition) is 21. The fourth-order valence-electron chi connectivity index (χ4n) is 21.1. The summed E-state index contributed by atoms with van der Waals surface area (Å²) in [5, 5.41) is 235. The summed E-state index contributed by atoms with van der Waals surface area (Å²) in [5.41, 5.74) is -6.57. The van der Waals surface area contributed by atoms with Crippen molar-refractivity contribution in [2.75, 3.05) is 46.2 Å². The molecule has 0 aromatic heterocycles. The molecule has 8 saturated heterocycles. The van der Waals surface area contributed by atoms with Crippen LogP contribution in [0.3, 0.4) is 0 Å². The Hall–Kier alpha value is -2.23. The maximum atomic E-state index is 16.2. The number of aliphatic hydroxyl groups excluding tert-OH is 20. The number of ether oxygens (including phenoxy) is 16. The van der Waals surface area contributed by atoms with Gasteiger partial charge >= 0.3 is 5.97 Å². The van der Waals surface area contributed by atoms with E-state index in [1.54, 1.807) is 0 Å². The molecule has 4 saturated carbocycles. The highest BCUT2D eigenvalue weighted by Gasteiger charge is 2.73. The third kappa shape index (κ3) is 15.2. The van der Waals surface area contributed by atoms with Crippen molar-refractivity contribution in [2.24, 2.45) is 50.2 Å². The van der Waals surface area contributed by atoms with Crippen LogP contribution in [-0.4, -0.2) is 386 Å².